The summed E-state index contributed by atoms with van der Waals surface area (Å²) in [6.07, 6.45) is 1.41. The lowest BCUT2D eigenvalue weighted by Gasteiger charge is -2.26. The molecule has 1 fully saturated rings. The third-order valence-corrected chi connectivity index (χ3v) is 3.23. The van der Waals surface area contributed by atoms with Gasteiger partial charge in [0.1, 0.15) is 11.6 Å². The lowest BCUT2D eigenvalue weighted by molar-refractivity contribution is -0.130. The Balaban J connectivity index is 2.11. The summed E-state index contributed by atoms with van der Waals surface area (Å²) < 4.78 is 5.19. The molecule has 1 aliphatic rings. The van der Waals surface area contributed by atoms with Gasteiger partial charge in [-0.25, -0.2) is 0 Å². The maximum absolute atomic E-state index is 12.2. The molecule has 1 aliphatic heterocycles. The van der Waals surface area contributed by atoms with Gasteiger partial charge in [-0.15, -0.1) is 0 Å². The number of amides is 1. The summed E-state index contributed by atoms with van der Waals surface area (Å²) in [5, 5.41) is 12.1. The van der Waals surface area contributed by atoms with Crippen molar-refractivity contribution >= 4 is 17.3 Å². The summed E-state index contributed by atoms with van der Waals surface area (Å²) in [7, 11) is 0. The predicted molar refractivity (Wildman–Crippen MR) is 80.3 cm³/mol. The molecule has 0 atom stereocenters. The Hall–Kier alpha value is -2.52. The Morgan fingerprint density at radius 2 is 2.19 bits per heavy atom. The quantitative estimate of drug-likeness (QED) is 0.496. The molecular formula is C15H18N4O2. The number of morpholine rings is 1. The van der Waals surface area contributed by atoms with Crippen molar-refractivity contribution < 1.29 is 9.53 Å². The van der Waals surface area contributed by atoms with E-state index in [1.165, 1.54) is 6.20 Å². The van der Waals surface area contributed by atoms with Gasteiger partial charge in [-0.3, -0.25) is 4.79 Å². The number of carbonyl (C=O) groups excluding carboxylic acids is 1. The maximum Gasteiger partial charge on any atom is 0.266 e. The molecular weight excluding hydrogens is 268 g/mol. The molecule has 0 bridgehead atoms. The number of nitrogen functional groups attached to an aromatic ring is 1. The highest BCUT2D eigenvalue weighted by Crippen LogP contribution is 2.20. The predicted octanol–water partition coefficient (Wildman–Crippen LogP) is 1.26. The number of anilines is 2. The Bertz CT molecular complexity index is 598. The van der Waals surface area contributed by atoms with Crippen LogP contribution in [0.1, 0.15) is 5.56 Å². The molecule has 0 unspecified atom stereocenters. The van der Waals surface area contributed by atoms with Gasteiger partial charge in [0, 0.05) is 19.3 Å². The van der Waals surface area contributed by atoms with E-state index in [0.29, 0.717) is 37.7 Å². The van der Waals surface area contributed by atoms with Crippen molar-refractivity contribution in [2.24, 2.45) is 0 Å². The zero-order chi connectivity index (χ0) is 15.2. The Morgan fingerprint density at radius 1 is 1.48 bits per heavy atom. The first-order valence-corrected chi connectivity index (χ1v) is 6.72. The molecule has 0 saturated carbocycles. The molecule has 1 aromatic carbocycles. The first-order chi connectivity index (χ1) is 10.1. The van der Waals surface area contributed by atoms with E-state index in [2.05, 4.69) is 5.32 Å². The molecule has 2 rings (SSSR count). The van der Waals surface area contributed by atoms with Crippen molar-refractivity contribution in [2.45, 2.75) is 6.92 Å². The third-order valence-electron chi connectivity index (χ3n) is 3.23. The monoisotopic (exact) mass is 286 g/mol. The van der Waals surface area contributed by atoms with Gasteiger partial charge in [0.05, 0.1) is 24.6 Å². The molecule has 0 aromatic heterocycles. The highest BCUT2D eigenvalue weighted by atomic mass is 16.5. The Kier molecular flexibility index (Phi) is 4.80. The van der Waals surface area contributed by atoms with Crippen LogP contribution in [0.4, 0.5) is 11.4 Å². The zero-order valence-corrected chi connectivity index (χ0v) is 11.9. The van der Waals surface area contributed by atoms with E-state index < -0.39 is 0 Å². The number of rotatable bonds is 3. The van der Waals surface area contributed by atoms with Gasteiger partial charge in [0.25, 0.3) is 5.91 Å². The highest BCUT2D eigenvalue weighted by molar-refractivity contribution is 5.97. The summed E-state index contributed by atoms with van der Waals surface area (Å²) in [4.78, 5) is 13.8. The Labute approximate surface area is 123 Å². The van der Waals surface area contributed by atoms with E-state index in [-0.39, 0.29) is 11.5 Å². The number of carbonyl (C=O) groups is 1. The average Bonchev–Trinajstić information content (AvgIpc) is 2.51. The van der Waals surface area contributed by atoms with Crippen molar-refractivity contribution in [3.8, 4) is 6.07 Å². The van der Waals surface area contributed by atoms with Gasteiger partial charge in [-0.05, 0) is 24.6 Å². The van der Waals surface area contributed by atoms with Crippen LogP contribution in [-0.2, 0) is 9.53 Å². The van der Waals surface area contributed by atoms with E-state index in [1.807, 2.05) is 25.1 Å². The van der Waals surface area contributed by atoms with Gasteiger partial charge in [0.2, 0.25) is 0 Å². The molecule has 6 nitrogen and oxygen atoms in total. The topological polar surface area (TPSA) is 91.4 Å². The molecule has 3 N–H and O–H groups in total. The number of hydrogen-bond donors (Lipinski definition) is 2. The van der Waals surface area contributed by atoms with Crippen molar-refractivity contribution in [1.29, 1.82) is 5.26 Å². The third kappa shape index (κ3) is 3.74. The number of nitrogens with one attached hydrogen (secondary N) is 1. The second-order valence-electron chi connectivity index (χ2n) is 4.81. The van der Waals surface area contributed by atoms with Crippen LogP contribution in [0.5, 0.6) is 0 Å². The van der Waals surface area contributed by atoms with Gasteiger partial charge < -0.3 is 20.7 Å². The largest absolute Gasteiger partial charge is 0.397 e. The molecule has 0 radical (unpaired) electrons. The first-order valence-electron chi connectivity index (χ1n) is 6.72. The molecule has 1 heterocycles. The van der Waals surface area contributed by atoms with Crippen LogP contribution in [0.15, 0.2) is 30.0 Å². The van der Waals surface area contributed by atoms with Crippen molar-refractivity contribution in [3.63, 3.8) is 0 Å². The van der Waals surface area contributed by atoms with Gasteiger partial charge in [-0.1, -0.05) is 6.07 Å². The minimum atomic E-state index is -0.292. The lowest BCUT2D eigenvalue weighted by Crippen LogP contribution is -2.41. The summed E-state index contributed by atoms with van der Waals surface area (Å²) in [6.45, 7) is 3.96. The number of nitrogens with zero attached hydrogens (tertiary/aromatic N) is 2. The normalized spacial score (nSPS) is 15.4. The fourth-order valence-corrected chi connectivity index (χ4v) is 2.02. The fourth-order valence-electron chi connectivity index (χ4n) is 2.02. The highest BCUT2D eigenvalue weighted by Gasteiger charge is 2.20. The van der Waals surface area contributed by atoms with Crippen LogP contribution in [0, 0.1) is 18.3 Å². The minimum absolute atomic E-state index is 0.0535. The van der Waals surface area contributed by atoms with Gasteiger partial charge in [-0.2, -0.15) is 5.26 Å². The molecule has 0 spiro atoms. The SMILES string of the molecule is Cc1ccc(N)c(N/C=C(/C#N)C(=O)N2CCOCC2)c1. The molecule has 1 saturated heterocycles. The van der Waals surface area contributed by atoms with Crippen LogP contribution in [0.2, 0.25) is 0 Å². The number of aryl methyl sites for hydroxylation is 1. The molecule has 21 heavy (non-hydrogen) atoms. The smallest absolute Gasteiger partial charge is 0.266 e. The number of nitriles is 1. The average molecular weight is 286 g/mol. The maximum atomic E-state index is 12.2. The van der Waals surface area contributed by atoms with Gasteiger partial charge >= 0.3 is 0 Å². The van der Waals surface area contributed by atoms with E-state index in [9.17, 15) is 4.79 Å². The molecule has 1 amide bonds. The van der Waals surface area contributed by atoms with E-state index in [1.54, 1.807) is 11.0 Å². The second kappa shape index (κ2) is 6.77. The lowest BCUT2D eigenvalue weighted by atomic mass is 10.2. The van der Waals surface area contributed by atoms with Crippen LogP contribution < -0.4 is 11.1 Å². The molecule has 0 aliphatic carbocycles. The summed E-state index contributed by atoms with van der Waals surface area (Å²) in [5.74, 6) is -0.292. The summed E-state index contributed by atoms with van der Waals surface area (Å²) in [6, 6.07) is 7.47. The molecule has 6 heteroatoms. The van der Waals surface area contributed by atoms with Crippen LogP contribution >= 0.6 is 0 Å². The minimum Gasteiger partial charge on any atom is -0.397 e. The molecule has 110 valence electrons. The number of benzene rings is 1. The number of ether oxygens (including phenoxy) is 1. The van der Waals surface area contributed by atoms with Gasteiger partial charge in [0.15, 0.2) is 0 Å². The zero-order valence-electron chi connectivity index (χ0n) is 11.9. The van der Waals surface area contributed by atoms with E-state index in [0.717, 1.165) is 5.56 Å². The van der Waals surface area contributed by atoms with E-state index in [4.69, 9.17) is 15.7 Å². The van der Waals surface area contributed by atoms with Crippen LogP contribution in [-0.4, -0.2) is 37.1 Å². The van der Waals surface area contributed by atoms with Crippen molar-refractivity contribution in [3.05, 3.63) is 35.5 Å². The second-order valence-corrected chi connectivity index (χ2v) is 4.81. The Morgan fingerprint density at radius 3 is 2.86 bits per heavy atom. The summed E-state index contributed by atoms with van der Waals surface area (Å²) in [5.41, 5.74) is 8.18. The number of hydrogen-bond acceptors (Lipinski definition) is 5. The van der Waals surface area contributed by atoms with Crippen LogP contribution in [0.3, 0.4) is 0 Å². The fraction of sp³-hybridized carbons (Fsp3) is 0.333. The standard InChI is InChI=1S/C15H18N4O2/c1-11-2-3-13(17)14(8-11)18-10-12(9-16)15(20)19-4-6-21-7-5-19/h2-3,8,10,18H,4-7,17H2,1H3/b12-10-. The first kappa shape index (κ1) is 14.9. The number of nitrogens with two attached hydrogens (primary N) is 1. The molecule has 1 aromatic rings. The van der Waals surface area contributed by atoms with Crippen molar-refractivity contribution in [1.82, 2.24) is 4.90 Å². The summed E-state index contributed by atoms with van der Waals surface area (Å²) >= 11 is 0. The van der Waals surface area contributed by atoms with Crippen LogP contribution in [0.25, 0.3) is 0 Å². The van der Waals surface area contributed by atoms with E-state index >= 15 is 0 Å². The van der Waals surface area contributed by atoms with Crippen molar-refractivity contribution in [2.75, 3.05) is 37.4 Å².